The Bertz CT molecular complexity index is 815. The Kier molecular flexibility index (Phi) is 5.69. The van der Waals surface area contributed by atoms with Crippen LogP contribution in [0.2, 0.25) is 0 Å². The van der Waals surface area contributed by atoms with Crippen molar-refractivity contribution >= 4 is 11.8 Å². The van der Waals surface area contributed by atoms with Gasteiger partial charge in [0.2, 0.25) is 0 Å². The lowest BCUT2D eigenvalue weighted by Gasteiger charge is -2.14. The molecule has 0 bridgehead atoms. The molecule has 1 aromatic heterocycles. The van der Waals surface area contributed by atoms with Crippen LogP contribution in [0.1, 0.15) is 50.6 Å². The van der Waals surface area contributed by atoms with Gasteiger partial charge in [-0.25, -0.2) is 13.6 Å². The number of carbonyl (C=O) groups excluding carboxylic acids is 2. The Balaban J connectivity index is 2.10. The summed E-state index contributed by atoms with van der Waals surface area (Å²) >= 11 is 0. The van der Waals surface area contributed by atoms with Crippen LogP contribution in [0.25, 0.3) is 0 Å². The maximum atomic E-state index is 13.3. The molecule has 7 heteroatoms. The lowest BCUT2D eigenvalue weighted by atomic mass is 10.1. The molecule has 0 fully saturated rings. The third-order valence-electron chi connectivity index (χ3n) is 4.12. The molecule has 0 unspecified atom stereocenters. The second kappa shape index (κ2) is 7.57. The lowest BCUT2D eigenvalue weighted by Crippen LogP contribution is -2.26. The van der Waals surface area contributed by atoms with Gasteiger partial charge in [-0.1, -0.05) is 6.07 Å². The van der Waals surface area contributed by atoms with Crippen molar-refractivity contribution in [3.05, 3.63) is 57.9 Å². The number of carbonyl (C=O) groups is 2. The number of rotatable bonds is 6. The van der Waals surface area contributed by atoms with Gasteiger partial charge < -0.3 is 15.0 Å². The van der Waals surface area contributed by atoms with Crippen molar-refractivity contribution in [1.29, 1.82) is 0 Å². The highest BCUT2D eigenvalue weighted by Gasteiger charge is 2.22. The molecule has 0 spiro atoms. The highest BCUT2D eigenvalue weighted by molar-refractivity contribution is 6.02. The van der Waals surface area contributed by atoms with Crippen LogP contribution >= 0.6 is 0 Å². The average Bonchev–Trinajstić information content (AvgIpc) is 2.88. The second-order valence-electron chi connectivity index (χ2n) is 5.82. The maximum absolute atomic E-state index is 13.3. The molecule has 25 heavy (non-hydrogen) atoms. The Labute approximate surface area is 144 Å². The number of hydrogen-bond acceptors (Lipinski definition) is 4. The number of hydrogen-bond donors (Lipinski definition) is 2. The van der Waals surface area contributed by atoms with E-state index >= 15 is 0 Å². The molecule has 0 saturated carbocycles. The van der Waals surface area contributed by atoms with Crippen molar-refractivity contribution in [1.82, 2.24) is 10.3 Å². The fraction of sp³-hybridized carbons (Fsp3) is 0.333. The van der Waals surface area contributed by atoms with Gasteiger partial charge in [0, 0.05) is 11.7 Å². The average molecular weight is 350 g/mol. The van der Waals surface area contributed by atoms with Crippen LogP contribution in [0.5, 0.6) is 0 Å². The standard InChI is InChI=1S/C18H20F2N2O3/c1-9-16(18(24)25-4)11(3)22-17(9)15(23)8-21-10(2)12-5-6-13(19)14(20)7-12/h5-7,10,21-22H,8H2,1-4H3/t10-/m1/s1. The Morgan fingerprint density at radius 3 is 2.52 bits per heavy atom. The van der Waals surface area contributed by atoms with Crippen molar-refractivity contribution in [2.75, 3.05) is 13.7 Å². The van der Waals surface area contributed by atoms with E-state index in [1.54, 1.807) is 20.8 Å². The number of benzene rings is 1. The van der Waals surface area contributed by atoms with Crippen LogP contribution in [-0.2, 0) is 4.74 Å². The third-order valence-corrected chi connectivity index (χ3v) is 4.12. The minimum absolute atomic E-state index is 0.0262. The summed E-state index contributed by atoms with van der Waals surface area (Å²) < 4.78 is 31.0. The summed E-state index contributed by atoms with van der Waals surface area (Å²) in [6.07, 6.45) is 0. The number of aryl methyl sites for hydroxylation is 1. The largest absolute Gasteiger partial charge is 0.465 e. The topological polar surface area (TPSA) is 71.2 Å². The molecule has 1 atom stereocenters. The van der Waals surface area contributed by atoms with E-state index in [1.165, 1.54) is 13.2 Å². The molecule has 0 aliphatic rings. The molecular formula is C18H20F2N2O3. The van der Waals surface area contributed by atoms with Crippen molar-refractivity contribution < 1.29 is 23.1 Å². The summed E-state index contributed by atoms with van der Waals surface area (Å²) in [6, 6.07) is 3.25. The van der Waals surface area contributed by atoms with E-state index in [0.29, 0.717) is 28.1 Å². The minimum Gasteiger partial charge on any atom is -0.465 e. The van der Waals surface area contributed by atoms with E-state index in [2.05, 4.69) is 10.3 Å². The van der Waals surface area contributed by atoms with Gasteiger partial charge in [0.15, 0.2) is 17.4 Å². The van der Waals surface area contributed by atoms with Crippen molar-refractivity contribution in [3.8, 4) is 0 Å². The van der Waals surface area contributed by atoms with Crippen LogP contribution in [-0.4, -0.2) is 30.4 Å². The molecule has 2 aromatic rings. The predicted octanol–water partition coefficient (Wildman–Crippen LogP) is 3.23. The number of H-pyrrole nitrogens is 1. The van der Waals surface area contributed by atoms with Gasteiger partial charge >= 0.3 is 5.97 Å². The van der Waals surface area contributed by atoms with Crippen LogP contribution in [0, 0.1) is 25.5 Å². The van der Waals surface area contributed by atoms with E-state index in [4.69, 9.17) is 4.74 Å². The number of aromatic amines is 1. The van der Waals surface area contributed by atoms with Crippen LogP contribution in [0.15, 0.2) is 18.2 Å². The molecule has 134 valence electrons. The summed E-state index contributed by atoms with van der Waals surface area (Å²) in [5.41, 5.74) is 2.28. The molecule has 2 N–H and O–H groups in total. The van der Waals surface area contributed by atoms with Gasteiger partial charge in [0.05, 0.1) is 24.9 Å². The summed E-state index contributed by atoms with van der Waals surface area (Å²) in [5, 5.41) is 2.97. The number of methoxy groups -OCH3 is 1. The van der Waals surface area contributed by atoms with E-state index in [9.17, 15) is 18.4 Å². The Morgan fingerprint density at radius 1 is 1.24 bits per heavy atom. The van der Waals surface area contributed by atoms with Gasteiger partial charge in [-0.15, -0.1) is 0 Å². The number of aromatic nitrogens is 1. The zero-order chi connectivity index (χ0) is 18.7. The second-order valence-corrected chi connectivity index (χ2v) is 5.82. The van der Waals surface area contributed by atoms with E-state index in [0.717, 1.165) is 12.1 Å². The first kappa shape index (κ1) is 18.8. The maximum Gasteiger partial charge on any atom is 0.339 e. The molecule has 0 saturated heterocycles. The molecule has 0 radical (unpaired) electrons. The molecule has 0 aliphatic heterocycles. The molecule has 1 heterocycles. The van der Waals surface area contributed by atoms with Crippen molar-refractivity contribution in [3.63, 3.8) is 0 Å². The van der Waals surface area contributed by atoms with Crippen LogP contribution in [0.4, 0.5) is 8.78 Å². The van der Waals surface area contributed by atoms with Gasteiger partial charge in [0.1, 0.15) is 0 Å². The normalized spacial score (nSPS) is 12.1. The van der Waals surface area contributed by atoms with E-state index < -0.39 is 17.6 Å². The number of ether oxygens (including phenoxy) is 1. The van der Waals surface area contributed by atoms with Gasteiger partial charge in [-0.3, -0.25) is 4.79 Å². The first-order chi connectivity index (χ1) is 11.8. The quantitative estimate of drug-likeness (QED) is 0.620. The summed E-state index contributed by atoms with van der Waals surface area (Å²) in [5.74, 6) is -2.60. The molecule has 0 aliphatic carbocycles. The zero-order valence-electron chi connectivity index (χ0n) is 14.5. The highest BCUT2D eigenvalue weighted by atomic mass is 19.2. The zero-order valence-corrected chi connectivity index (χ0v) is 14.5. The summed E-state index contributed by atoms with van der Waals surface area (Å²) in [6.45, 7) is 5.07. The summed E-state index contributed by atoms with van der Waals surface area (Å²) in [7, 11) is 1.28. The molecular weight excluding hydrogens is 330 g/mol. The third kappa shape index (κ3) is 3.93. The Hall–Kier alpha value is -2.54. The molecule has 1 aromatic carbocycles. The number of nitrogens with one attached hydrogen (secondary N) is 2. The SMILES string of the molecule is COC(=O)c1c(C)[nH]c(C(=O)CN[C@H](C)c2ccc(F)c(F)c2)c1C. The smallest absolute Gasteiger partial charge is 0.339 e. The molecule has 0 amide bonds. The number of halogens is 2. The van der Waals surface area contributed by atoms with Crippen molar-refractivity contribution in [2.24, 2.45) is 0 Å². The van der Waals surface area contributed by atoms with Crippen LogP contribution < -0.4 is 5.32 Å². The number of Topliss-reactive ketones (excluding diaryl/α,β-unsaturated/α-hetero) is 1. The monoisotopic (exact) mass is 350 g/mol. The minimum atomic E-state index is -0.934. The van der Waals surface area contributed by atoms with Crippen molar-refractivity contribution in [2.45, 2.75) is 26.8 Å². The fourth-order valence-electron chi connectivity index (χ4n) is 2.67. The fourth-order valence-corrected chi connectivity index (χ4v) is 2.67. The lowest BCUT2D eigenvalue weighted by molar-refractivity contribution is 0.0599. The number of ketones is 1. The first-order valence-electron chi connectivity index (χ1n) is 7.75. The van der Waals surface area contributed by atoms with Crippen LogP contribution in [0.3, 0.4) is 0 Å². The number of esters is 1. The van der Waals surface area contributed by atoms with E-state index in [-0.39, 0.29) is 18.4 Å². The molecule has 2 rings (SSSR count). The van der Waals surface area contributed by atoms with Gasteiger partial charge in [-0.2, -0.15) is 0 Å². The van der Waals surface area contributed by atoms with Gasteiger partial charge in [-0.05, 0) is 44.0 Å². The van der Waals surface area contributed by atoms with E-state index in [1.807, 2.05) is 0 Å². The highest BCUT2D eigenvalue weighted by Crippen LogP contribution is 2.20. The summed E-state index contributed by atoms with van der Waals surface area (Å²) in [4.78, 5) is 27.1. The first-order valence-corrected chi connectivity index (χ1v) is 7.75. The predicted molar refractivity (Wildman–Crippen MR) is 88.7 cm³/mol. The molecule has 5 nitrogen and oxygen atoms in total. The van der Waals surface area contributed by atoms with Gasteiger partial charge in [0.25, 0.3) is 0 Å². The Morgan fingerprint density at radius 2 is 1.92 bits per heavy atom.